The van der Waals surface area contributed by atoms with Gasteiger partial charge in [-0.25, -0.2) is 0 Å². The zero-order valence-electron chi connectivity index (χ0n) is 18.0. The largest absolute Gasteiger partial charge is 0.507 e. The molecule has 33 heavy (non-hydrogen) atoms. The lowest BCUT2D eigenvalue weighted by molar-refractivity contribution is -0.132. The fraction of sp³-hybridized carbons (Fsp3) is 0.120. The summed E-state index contributed by atoms with van der Waals surface area (Å²) in [6.45, 7) is 1.38. The van der Waals surface area contributed by atoms with E-state index < -0.39 is 17.7 Å². The summed E-state index contributed by atoms with van der Waals surface area (Å²) in [5.41, 5.74) is 1.50. The van der Waals surface area contributed by atoms with Gasteiger partial charge in [0, 0.05) is 30.1 Å². The zero-order chi connectivity index (χ0) is 23.5. The maximum atomic E-state index is 13.2. The van der Waals surface area contributed by atoms with E-state index >= 15 is 0 Å². The van der Waals surface area contributed by atoms with Gasteiger partial charge in [-0.15, -0.1) is 0 Å². The molecule has 2 heterocycles. The first-order valence-corrected chi connectivity index (χ1v) is 10.1. The Morgan fingerprint density at radius 3 is 2.55 bits per heavy atom. The van der Waals surface area contributed by atoms with Crippen LogP contribution in [0.15, 0.2) is 78.5 Å². The van der Waals surface area contributed by atoms with Gasteiger partial charge in [-0.05, 0) is 42.5 Å². The molecule has 0 aliphatic carbocycles. The van der Waals surface area contributed by atoms with E-state index in [0.717, 1.165) is 0 Å². The van der Waals surface area contributed by atoms with Crippen molar-refractivity contribution >= 4 is 34.7 Å². The van der Waals surface area contributed by atoms with Crippen molar-refractivity contribution in [2.24, 2.45) is 0 Å². The minimum Gasteiger partial charge on any atom is -0.507 e. The predicted molar refractivity (Wildman–Crippen MR) is 123 cm³/mol. The fourth-order valence-electron chi connectivity index (χ4n) is 3.78. The maximum absolute atomic E-state index is 13.2. The number of carbonyl (C=O) groups is 3. The van der Waals surface area contributed by atoms with Crippen molar-refractivity contribution in [3.63, 3.8) is 0 Å². The molecule has 3 aromatic rings. The van der Waals surface area contributed by atoms with Gasteiger partial charge in [0.15, 0.2) is 0 Å². The number of aliphatic hydroxyl groups excluding tert-OH is 1. The van der Waals surface area contributed by atoms with Gasteiger partial charge >= 0.3 is 0 Å². The Morgan fingerprint density at radius 1 is 1.06 bits per heavy atom. The molecule has 2 aromatic carbocycles. The number of hydrogen-bond donors (Lipinski definition) is 2. The topological polar surface area (TPSA) is 109 Å². The molecule has 1 atom stereocenters. The second-order valence-electron chi connectivity index (χ2n) is 7.39. The molecule has 0 bridgehead atoms. The number of nitrogens with zero attached hydrogens (tertiary/aromatic N) is 2. The molecule has 2 N–H and O–H groups in total. The monoisotopic (exact) mass is 443 g/mol. The van der Waals surface area contributed by atoms with E-state index in [1.165, 1.54) is 18.9 Å². The normalized spacial score (nSPS) is 17.2. The van der Waals surface area contributed by atoms with Crippen molar-refractivity contribution in [2.75, 3.05) is 17.3 Å². The van der Waals surface area contributed by atoms with E-state index in [2.05, 4.69) is 10.3 Å². The molecule has 4 rings (SSSR count). The lowest BCUT2D eigenvalue weighted by Crippen LogP contribution is -2.30. The highest BCUT2D eigenvalue weighted by Crippen LogP contribution is 2.42. The van der Waals surface area contributed by atoms with Gasteiger partial charge in [0.05, 0.1) is 18.4 Å². The summed E-state index contributed by atoms with van der Waals surface area (Å²) in [7, 11) is 1.49. The van der Waals surface area contributed by atoms with Crippen LogP contribution in [-0.4, -0.2) is 34.8 Å². The second kappa shape index (κ2) is 8.96. The highest BCUT2D eigenvalue weighted by Gasteiger charge is 2.47. The van der Waals surface area contributed by atoms with Gasteiger partial charge in [0.1, 0.15) is 17.6 Å². The van der Waals surface area contributed by atoms with Gasteiger partial charge in [-0.2, -0.15) is 0 Å². The van der Waals surface area contributed by atoms with Gasteiger partial charge in [-0.3, -0.25) is 24.3 Å². The number of carbonyl (C=O) groups excluding carboxylic acids is 3. The molecule has 0 spiro atoms. The van der Waals surface area contributed by atoms with E-state index in [-0.39, 0.29) is 17.2 Å². The van der Waals surface area contributed by atoms with Crippen LogP contribution in [0.4, 0.5) is 11.4 Å². The Morgan fingerprint density at radius 2 is 1.85 bits per heavy atom. The molecule has 8 heteroatoms. The minimum atomic E-state index is -0.968. The highest BCUT2D eigenvalue weighted by atomic mass is 16.5. The van der Waals surface area contributed by atoms with Crippen LogP contribution < -0.4 is 15.0 Å². The molecular weight excluding hydrogens is 422 g/mol. The first-order chi connectivity index (χ1) is 15.9. The maximum Gasteiger partial charge on any atom is 0.300 e. The van der Waals surface area contributed by atoms with Gasteiger partial charge in [0.2, 0.25) is 5.91 Å². The Bertz CT molecular complexity index is 1270. The lowest BCUT2D eigenvalue weighted by Gasteiger charge is -2.25. The van der Waals surface area contributed by atoms with E-state index in [0.29, 0.717) is 28.4 Å². The number of rotatable bonds is 5. The van der Waals surface area contributed by atoms with Crippen molar-refractivity contribution < 1.29 is 24.2 Å². The molecule has 8 nitrogen and oxygen atoms in total. The lowest BCUT2D eigenvalue weighted by atomic mass is 9.98. The number of aliphatic hydroxyl groups is 1. The number of aromatic nitrogens is 1. The van der Waals surface area contributed by atoms with Crippen LogP contribution in [0.3, 0.4) is 0 Å². The molecule has 1 fully saturated rings. The molecule has 1 saturated heterocycles. The fourth-order valence-corrected chi connectivity index (χ4v) is 3.78. The molecule has 166 valence electrons. The Balaban J connectivity index is 1.90. The van der Waals surface area contributed by atoms with E-state index in [4.69, 9.17) is 4.74 Å². The first kappa shape index (κ1) is 21.8. The quantitative estimate of drug-likeness (QED) is 0.354. The molecule has 0 saturated carbocycles. The number of Topliss-reactive ketones (excluding diaryl/α,β-unsaturated/α-hetero) is 1. The number of benzene rings is 2. The smallest absolute Gasteiger partial charge is 0.300 e. The SMILES string of the molecule is COc1cccc(/C(O)=C2\C(=O)C(=O)N(c3cccc(NC(C)=O)c3)C2c2ccccn2)c1. The van der Waals surface area contributed by atoms with Crippen LogP contribution in [0, 0.1) is 0 Å². The number of nitrogens with one attached hydrogen (secondary N) is 1. The summed E-state index contributed by atoms with van der Waals surface area (Å²) >= 11 is 0. The predicted octanol–water partition coefficient (Wildman–Crippen LogP) is 3.67. The number of pyridine rings is 1. The second-order valence-corrected chi connectivity index (χ2v) is 7.39. The average molecular weight is 443 g/mol. The highest BCUT2D eigenvalue weighted by molar-refractivity contribution is 6.51. The minimum absolute atomic E-state index is 0.0862. The Labute approximate surface area is 190 Å². The first-order valence-electron chi connectivity index (χ1n) is 10.1. The zero-order valence-corrected chi connectivity index (χ0v) is 18.0. The number of anilines is 2. The van der Waals surface area contributed by atoms with Crippen LogP contribution in [-0.2, 0) is 14.4 Å². The molecule has 1 unspecified atom stereocenters. The van der Waals surface area contributed by atoms with Gasteiger partial charge in [-0.1, -0.05) is 24.3 Å². The number of ketones is 1. The van der Waals surface area contributed by atoms with Crippen molar-refractivity contribution in [3.05, 3.63) is 89.8 Å². The number of amides is 2. The molecule has 1 aliphatic heterocycles. The summed E-state index contributed by atoms with van der Waals surface area (Å²) in [5.74, 6) is -1.76. The standard InChI is InChI=1S/C25H21N3O5/c1-15(29)27-17-8-6-9-18(14-17)28-22(20-11-3-4-12-26-20)21(24(31)25(28)32)23(30)16-7-5-10-19(13-16)33-2/h3-14,22,30H,1-2H3,(H,27,29)/b23-21+. The van der Waals surface area contributed by atoms with Gasteiger partial charge < -0.3 is 15.2 Å². The molecule has 1 aliphatic rings. The average Bonchev–Trinajstić information content (AvgIpc) is 3.09. The molecule has 0 radical (unpaired) electrons. The van der Waals surface area contributed by atoms with E-state index in [1.807, 2.05) is 0 Å². The summed E-state index contributed by atoms with van der Waals surface area (Å²) in [4.78, 5) is 43.5. The van der Waals surface area contributed by atoms with Crippen LogP contribution >= 0.6 is 0 Å². The molecule has 1 aromatic heterocycles. The third-order valence-electron chi connectivity index (χ3n) is 5.20. The Hall–Kier alpha value is -4.46. The van der Waals surface area contributed by atoms with Crippen molar-refractivity contribution in [1.29, 1.82) is 0 Å². The van der Waals surface area contributed by atoms with Crippen molar-refractivity contribution in [3.8, 4) is 5.75 Å². The van der Waals surface area contributed by atoms with Crippen molar-refractivity contribution in [1.82, 2.24) is 4.98 Å². The van der Waals surface area contributed by atoms with E-state index in [9.17, 15) is 19.5 Å². The number of ether oxygens (including phenoxy) is 1. The van der Waals surface area contributed by atoms with Crippen LogP contribution in [0.5, 0.6) is 5.75 Å². The van der Waals surface area contributed by atoms with Crippen LogP contribution in [0.25, 0.3) is 5.76 Å². The van der Waals surface area contributed by atoms with Crippen LogP contribution in [0.1, 0.15) is 24.2 Å². The summed E-state index contributed by atoms with van der Waals surface area (Å²) in [6, 6.07) is 17.3. The van der Waals surface area contributed by atoms with Gasteiger partial charge in [0.25, 0.3) is 11.7 Å². The Kier molecular flexibility index (Phi) is 5.91. The molecular formula is C25H21N3O5. The molecule has 2 amide bonds. The summed E-state index contributed by atoms with van der Waals surface area (Å²) in [5, 5.41) is 13.8. The summed E-state index contributed by atoms with van der Waals surface area (Å²) < 4.78 is 5.22. The number of methoxy groups -OCH3 is 1. The van der Waals surface area contributed by atoms with E-state index in [1.54, 1.807) is 72.9 Å². The third kappa shape index (κ3) is 4.18. The summed E-state index contributed by atoms with van der Waals surface area (Å²) in [6.07, 6.45) is 1.55. The number of hydrogen-bond acceptors (Lipinski definition) is 6. The van der Waals surface area contributed by atoms with Crippen LogP contribution in [0.2, 0.25) is 0 Å². The third-order valence-corrected chi connectivity index (χ3v) is 5.20. The van der Waals surface area contributed by atoms with Crippen molar-refractivity contribution in [2.45, 2.75) is 13.0 Å².